The number of carbonyl (C=O) groups is 1. The molecule has 1 aromatic carbocycles. The fourth-order valence-electron chi connectivity index (χ4n) is 1.99. The van der Waals surface area contributed by atoms with Crippen molar-refractivity contribution in [1.82, 2.24) is 0 Å². The highest BCUT2D eigenvalue weighted by Crippen LogP contribution is 2.31. The van der Waals surface area contributed by atoms with Crippen LogP contribution in [0.1, 0.15) is 31.9 Å². The van der Waals surface area contributed by atoms with E-state index in [1.807, 2.05) is 46.8 Å². The van der Waals surface area contributed by atoms with E-state index in [2.05, 4.69) is 5.32 Å². The van der Waals surface area contributed by atoms with Crippen LogP contribution in [-0.4, -0.2) is 31.0 Å². The van der Waals surface area contributed by atoms with E-state index in [1.54, 1.807) is 0 Å². The van der Waals surface area contributed by atoms with Crippen molar-refractivity contribution in [2.75, 3.05) is 18.5 Å². The Hall–Kier alpha value is -1.75. The maximum Gasteiger partial charge on any atom is 0.412 e. The van der Waals surface area contributed by atoms with E-state index < -0.39 is 11.7 Å². The number of epoxide rings is 1. The number of amides is 1. The molecule has 1 atom stereocenters. The van der Waals surface area contributed by atoms with Crippen LogP contribution in [0.25, 0.3) is 0 Å². The average molecular weight is 293 g/mol. The summed E-state index contributed by atoms with van der Waals surface area (Å²) in [5.41, 5.74) is 2.11. The smallest absolute Gasteiger partial charge is 0.412 e. The summed E-state index contributed by atoms with van der Waals surface area (Å²) in [6.45, 7) is 10.6. The Morgan fingerprint density at radius 2 is 2.05 bits per heavy atom. The van der Waals surface area contributed by atoms with Crippen LogP contribution in [0.5, 0.6) is 5.75 Å². The molecule has 1 saturated heterocycles. The van der Waals surface area contributed by atoms with Gasteiger partial charge in [0.25, 0.3) is 0 Å². The van der Waals surface area contributed by atoms with Crippen molar-refractivity contribution in [1.29, 1.82) is 0 Å². The summed E-state index contributed by atoms with van der Waals surface area (Å²) < 4.78 is 16.2. The maximum atomic E-state index is 11.9. The van der Waals surface area contributed by atoms with Gasteiger partial charge in [0, 0.05) is 0 Å². The van der Waals surface area contributed by atoms with Crippen LogP contribution in [0.3, 0.4) is 0 Å². The molecule has 0 aromatic heterocycles. The van der Waals surface area contributed by atoms with Crippen molar-refractivity contribution in [3.05, 3.63) is 23.3 Å². The van der Waals surface area contributed by atoms with E-state index in [4.69, 9.17) is 14.2 Å². The van der Waals surface area contributed by atoms with E-state index in [-0.39, 0.29) is 6.10 Å². The number of rotatable bonds is 4. The molecule has 21 heavy (non-hydrogen) atoms. The lowest BCUT2D eigenvalue weighted by atomic mass is 10.1. The topological polar surface area (TPSA) is 60.1 Å². The second-order valence-corrected chi connectivity index (χ2v) is 6.35. The lowest BCUT2D eigenvalue weighted by molar-refractivity contribution is 0.0635. The molecule has 5 heteroatoms. The van der Waals surface area contributed by atoms with Gasteiger partial charge in [-0.3, -0.25) is 5.32 Å². The molecule has 1 fully saturated rings. The molecule has 1 aromatic rings. The number of nitrogens with one attached hydrogen (secondary N) is 1. The highest BCUT2D eigenvalue weighted by Gasteiger charge is 2.24. The molecule has 0 saturated carbocycles. The standard InChI is InChI=1S/C16H23NO4/c1-10-6-11(2)14(20-9-12-8-19-12)13(7-10)17-15(18)21-16(3,4)5/h6-7,12H,8-9H2,1-5H3,(H,17,18)/t12-/m0/s1. The van der Waals surface area contributed by atoms with Gasteiger partial charge in [-0.25, -0.2) is 4.79 Å². The molecule has 0 spiro atoms. The van der Waals surface area contributed by atoms with Crippen molar-refractivity contribution in [3.63, 3.8) is 0 Å². The molecule has 0 unspecified atom stereocenters. The first-order chi connectivity index (χ1) is 9.74. The summed E-state index contributed by atoms with van der Waals surface area (Å²) in [5.74, 6) is 0.668. The molecule has 1 aliphatic rings. The first-order valence-electron chi connectivity index (χ1n) is 7.10. The van der Waals surface area contributed by atoms with Crippen LogP contribution in [-0.2, 0) is 9.47 Å². The highest BCUT2D eigenvalue weighted by molar-refractivity contribution is 5.87. The van der Waals surface area contributed by atoms with Gasteiger partial charge in [0.15, 0.2) is 0 Å². The highest BCUT2D eigenvalue weighted by atomic mass is 16.6. The van der Waals surface area contributed by atoms with E-state index in [9.17, 15) is 4.79 Å². The maximum absolute atomic E-state index is 11.9. The molecule has 5 nitrogen and oxygen atoms in total. The number of carbonyl (C=O) groups excluding carboxylic acids is 1. The number of benzene rings is 1. The number of aryl methyl sites for hydroxylation is 2. The summed E-state index contributed by atoms with van der Waals surface area (Å²) in [6.07, 6.45) is -0.319. The zero-order chi connectivity index (χ0) is 15.6. The third-order valence-electron chi connectivity index (χ3n) is 2.87. The summed E-state index contributed by atoms with van der Waals surface area (Å²) in [7, 11) is 0. The van der Waals surface area contributed by atoms with Crippen LogP contribution in [0, 0.1) is 13.8 Å². The van der Waals surface area contributed by atoms with Crippen molar-refractivity contribution in [2.24, 2.45) is 0 Å². The minimum atomic E-state index is -0.536. The van der Waals surface area contributed by atoms with Gasteiger partial charge in [0.05, 0.1) is 12.3 Å². The Labute approximate surface area is 125 Å². The Bertz CT molecular complexity index is 530. The van der Waals surface area contributed by atoms with Gasteiger partial charge < -0.3 is 14.2 Å². The van der Waals surface area contributed by atoms with Crippen LogP contribution >= 0.6 is 0 Å². The minimum absolute atomic E-state index is 0.167. The first kappa shape index (κ1) is 15.6. The Morgan fingerprint density at radius 3 is 2.62 bits per heavy atom. The molecule has 2 rings (SSSR count). The molecule has 1 amide bonds. The average Bonchev–Trinajstić information content (AvgIpc) is 3.08. The quantitative estimate of drug-likeness (QED) is 0.864. The molecule has 0 radical (unpaired) electrons. The van der Waals surface area contributed by atoms with Crippen LogP contribution < -0.4 is 10.1 Å². The van der Waals surface area contributed by atoms with Crippen LogP contribution in [0.15, 0.2) is 12.1 Å². The summed E-state index contributed by atoms with van der Waals surface area (Å²) in [5, 5.41) is 2.77. The molecule has 0 bridgehead atoms. The van der Waals surface area contributed by atoms with Gasteiger partial charge in [-0.05, 0) is 51.8 Å². The zero-order valence-corrected chi connectivity index (χ0v) is 13.3. The Kier molecular flexibility index (Phi) is 4.42. The number of ether oxygens (including phenoxy) is 3. The van der Waals surface area contributed by atoms with Crippen molar-refractivity contribution in [3.8, 4) is 5.75 Å². The van der Waals surface area contributed by atoms with Crippen LogP contribution in [0.4, 0.5) is 10.5 Å². The molecule has 1 N–H and O–H groups in total. The third kappa shape index (κ3) is 4.93. The number of anilines is 1. The van der Waals surface area contributed by atoms with Gasteiger partial charge in [0.1, 0.15) is 24.1 Å². The monoisotopic (exact) mass is 293 g/mol. The lowest BCUT2D eigenvalue weighted by Crippen LogP contribution is -2.27. The Morgan fingerprint density at radius 1 is 1.38 bits per heavy atom. The number of hydrogen-bond acceptors (Lipinski definition) is 4. The predicted octanol–water partition coefficient (Wildman–Crippen LogP) is 3.43. The fraction of sp³-hybridized carbons (Fsp3) is 0.562. The van der Waals surface area contributed by atoms with Crippen molar-refractivity contribution < 1.29 is 19.0 Å². The van der Waals surface area contributed by atoms with Gasteiger partial charge >= 0.3 is 6.09 Å². The molecule has 116 valence electrons. The van der Waals surface area contributed by atoms with Gasteiger partial charge in [0.2, 0.25) is 0 Å². The third-order valence-corrected chi connectivity index (χ3v) is 2.87. The molecule has 0 aliphatic carbocycles. The second kappa shape index (κ2) is 5.93. The van der Waals surface area contributed by atoms with Crippen LogP contribution in [0.2, 0.25) is 0 Å². The lowest BCUT2D eigenvalue weighted by Gasteiger charge is -2.21. The number of hydrogen-bond donors (Lipinski definition) is 1. The van der Waals surface area contributed by atoms with Gasteiger partial charge in [-0.15, -0.1) is 0 Å². The van der Waals surface area contributed by atoms with Crippen molar-refractivity contribution in [2.45, 2.75) is 46.3 Å². The normalized spacial score (nSPS) is 17.3. The second-order valence-electron chi connectivity index (χ2n) is 6.35. The first-order valence-corrected chi connectivity index (χ1v) is 7.10. The van der Waals surface area contributed by atoms with E-state index >= 15 is 0 Å². The molecular formula is C16H23NO4. The van der Waals surface area contributed by atoms with Gasteiger partial charge in [-0.2, -0.15) is 0 Å². The predicted molar refractivity (Wildman–Crippen MR) is 81.0 cm³/mol. The van der Waals surface area contributed by atoms with E-state index in [0.717, 1.165) is 17.7 Å². The van der Waals surface area contributed by atoms with E-state index in [1.165, 1.54) is 0 Å². The van der Waals surface area contributed by atoms with Crippen molar-refractivity contribution >= 4 is 11.8 Å². The Balaban J connectivity index is 2.13. The van der Waals surface area contributed by atoms with Gasteiger partial charge in [-0.1, -0.05) is 6.07 Å². The molecule has 1 aliphatic heterocycles. The largest absolute Gasteiger partial charge is 0.488 e. The summed E-state index contributed by atoms with van der Waals surface area (Å²) >= 11 is 0. The SMILES string of the molecule is Cc1cc(C)c(OC[C@@H]2CO2)c(NC(=O)OC(C)(C)C)c1. The zero-order valence-electron chi connectivity index (χ0n) is 13.3. The fourth-order valence-corrected chi connectivity index (χ4v) is 1.99. The summed E-state index contributed by atoms with van der Waals surface area (Å²) in [4.78, 5) is 11.9. The minimum Gasteiger partial charge on any atom is -0.488 e. The summed E-state index contributed by atoms with van der Waals surface area (Å²) in [6, 6.07) is 3.89. The molecular weight excluding hydrogens is 270 g/mol. The molecule has 1 heterocycles. The van der Waals surface area contributed by atoms with E-state index in [0.29, 0.717) is 18.0 Å².